The quantitative estimate of drug-likeness (QED) is 0.865. The van der Waals surface area contributed by atoms with Gasteiger partial charge in [0.15, 0.2) is 5.76 Å². The van der Waals surface area contributed by atoms with Gasteiger partial charge in [0.2, 0.25) is 5.91 Å². The first-order valence-corrected chi connectivity index (χ1v) is 7.77. The van der Waals surface area contributed by atoms with Gasteiger partial charge in [0.25, 0.3) is 5.91 Å². The molecular formula is C17H17N3O3. The summed E-state index contributed by atoms with van der Waals surface area (Å²) in [6.45, 7) is 1.21. The molecule has 0 unspecified atom stereocenters. The Morgan fingerprint density at radius 2 is 2.22 bits per heavy atom. The number of nitrogens with zero attached hydrogens (tertiary/aromatic N) is 3. The van der Waals surface area contributed by atoms with Crippen LogP contribution in [0, 0.1) is 0 Å². The highest BCUT2D eigenvalue weighted by atomic mass is 16.3. The Morgan fingerprint density at radius 1 is 1.30 bits per heavy atom. The predicted octanol–water partition coefficient (Wildman–Crippen LogP) is 1.69. The van der Waals surface area contributed by atoms with Gasteiger partial charge in [-0.3, -0.25) is 14.6 Å². The normalized spacial score (nSPS) is 23.4. The van der Waals surface area contributed by atoms with Gasteiger partial charge in [0.05, 0.1) is 18.3 Å². The van der Waals surface area contributed by atoms with E-state index in [0.29, 0.717) is 25.3 Å². The third-order valence-electron chi connectivity index (χ3n) is 4.68. The molecule has 2 saturated heterocycles. The fourth-order valence-electron chi connectivity index (χ4n) is 3.62. The lowest BCUT2D eigenvalue weighted by atomic mass is 10.1. The number of carbonyl (C=O) groups excluding carboxylic acids is 2. The second-order valence-corrected chi connectivity index (χ2v) is 5.99. The molecule has 6 heteroatoms. The van der Waals surface area contributed by atoms with Gasteiger partial charge in [-0.2, -0.15) is 0 Å². The summed E-state index contributed by atoms with van der Waals surface area (Å²) in [6, 6.07) is 7.23. The Labute approximate surface area is 133 Å². The number of fused-ring (bicyclic) bond motifs is 1. The number of rotatable bonds is 3. The summed E-state index contributed by atoms with van der Waals surface area (Å²) in [5, 5.41) is 0. The lowest BCUT2D eigenvalue weighted by Gasteiger charge is -2.25. The fourth-order valence-corrected chi connectivity index (χ4v) is 3.62. The van der Waals surface area contributed by atoms with Crippen molar-refractivity contribution in [3.05, 3.63) is 54.2 Å². The average Bonchev–Trinajstić information content (AvgIpc) is 3.27. The Bertz CT molecular complexity index is 714. The van der Waals surface area contributed by atoms with E-state index in [4.69, 9.17) is 4.42 Å². The van der Waals surface area contributed by atoms with Gasteiger partial charge in [0, 0.05) is 31.9 Å². The molecule has 23 heavy (non-hydrogen) atoms. The van der Waals surface area contributed by atoms with E-state index in [9.17, 15) is 9.59 Å². The van der Waals surface area contributed by atoms with Gasteiger partial charge < -0.3 is 14.2 Å². The number of amides is 2. The third-order valence-corrected chi connectivity index (χ3v) is 4.68. The number of carbonyl (C=O) groups is 2. The third kappa shape index (κ3) is 2.40. The standard InChI is InChI=1S/C17H17N3O3/c21-16-9-14-13(20(16)11-12-3-1-6-18-10-12)5-7-19(14)17(22)15-4-2-8-23-15/h1-4,6,8,10,13-14H,5,7,9,11H2/t13-,14-/m0/s1. The second-order valence-electron chi connectivity index (χ2n) is 5.99. The summed E-state index contributed by atoms with van der Waals surface area (Å²) in [5.74, 6) is 0.308. The zero-order valence-corrected chi connectivity index (χ0v) is 12.6. The Kier molecular flexibility index (Phi) is 3.37. The van der Waals surface area contributed by atoms with Crippen LogP contribution in [-0.4, -0.2) is 45.2 Å². The maximum Gasteiger partial charge on any atom is 0.289 e. The maximum atomic E-state index is 12.5. The van der Waals surface area contributed by atoms with E-state index in [0.717, 1.165) is 12.0 Å². The zero-order valence-electron chi connectivity index (χ0n) is 12.6. The van der Waals surface area contributed by atoms with Gasteiger partial charge >= 0.3 is 0 Å². The number of likely N-dealkylation sites (tertiary alicyclic amines) is 2. The molecule has 6 nitrogen and oxygen atoms in total. The van der Waals surface area contributed by atoms with Crippen LogP contribution in [0.1, 0.15) is 29.0 Å². The van der Waals surface area contributed by atoms with E-state index in [1.807, 2.05) is 17.0 Å². The molecule has 2 aromatic rings. The summed E-state index contributed by atoms with van der Waals surface area (Å²) in [5.41, 5.74) is 1.01. The van der Waals surface area contributed by atoms with E-state index < -0.39 is 0 Å². The fraction of sp³-hybridized carbons (Fsp3) is 0.353. The molecule has 0 radical (unpaired) electrons. The van der Waals surface area contributed by atoms with Crippen LogP contribution in [0.25, 0.3) is 0 Å². The van der Waals surface area contributed by atoms with Crippen molar-refractivity contribution in [1.82, 2.24) is 14.8 Å². The van der Waals surface area contributed by atoms with E-state index in [2.05, 4.69) is 4.98 Å². The highest BCUT2D eigenvalue weighted by Gasteiger charge is 2.48. The van der Waals surface area contributed by atoms with E-state index >= 15 is 0 Å². The van der Waals surface area contributed by atoms with Gasteiger partial charge in [-0.1, -0.05) is 6.07 Å². The van der Waals surface area contributed by atoms with E-state index in [1.54, 1.807) is 29.4 Å². The minimum Gasteiger partial charge on any atom is -0.459 e. The second kappa shape index (κ2) is 5.53. The van der Waals surface area contributed by atoms with Crippen molar-refractivity contribution in [3.63, 3.8) is 0 Å². The average molecular weight is 311 g/mol. The molecule has 4 heterocycles. The lowest BCUT2D eigenvalue weighted by molar-refractivity contribution is -0.129. The monoisotopic (exact) mass is 311 g/mol. The molecule has 0 N–H and O–H groups in total. The lowest BCUT2D eigenvalue weighted by Crippen LogP contribution is -2.39. The molecule has 0 aromatic carbocycles. The molecular weight excluding hydrogens is 294 g/mol. The largest absolute Gasteiger partial charge is 0.459 e. The Morgan fingerprint density at radius 3 is 2.96 bits per heavy atom. The van der Waals surface area contributed by atoms with Crippen LogP contribution >= 0.6 is 0 Å². The van der Waals surface area contributed by atoms with Crippen molar-refractivity contribution < 1.29 is 14.0 Å². The van der Waals surface area contributed by atoms with Crippen LogP contribution in [0.15, 0.2) is 47.3 Å². The summed E-state index contributed by atoms with van der Waals surface area (Å²) in [4.78, 5) is 32.7. The van der Waals surface area contributed by atoms with Crippen LogP contribution in [0.3, 0.4) is 0 Å². The topological polar surface area (TPSA) is 66.7 Å². The molecule has 2 aliphatic heterocycles. The van der Waals surface area contributed by atoms with Crippen molar-refractivity contribution >= 4 is 11.8 Å². The molecule has 2 fully saturated rings. The number of pyridine rings is 1. The minimum absolute atomic E-state index is 0.0585. The van der Waals surface area contributed by atoms with Crippen molar-refractivity contribution in [2.45, 2.75) is 31.5 Å². The summed E-state index contributed by atoms with van der Waals surface area (Å²) in [7, 11) is 0. The van der Waals surface area contributed by atoms with Crippen LogP contribution in [0.2, 0.25) is 0 Å². The molecule has 2 amide bonds. The van der Waals surface area contributed by atoms with Crippen molar-refractivity contribution in [2.24, 2.45) is 0 Å². The molecule has 0 aliphatic carbocycles. The minimum atomic E-state index is -0.126. The summed E-state index contributed by atoms with van der Waals surface area (Å²) in [6.07, 6.45) is 6.19. The van der Waals surface area contributed by atoms with Crippen LogP contribution in [-0.2, 0) is 11.3 Å². The number of aromatic nitrogens is 1. The molecule has 4 rings (SSSR count). The van der Waals surface area contributed by atoms with Gasteiger partial charge in [-0.15, -0.1) is 0 Å². The summed E-state index contributed by atoms with van der Waals surface area (Å²) >= 11 is 0. The Balaban J connectivity index is 1.52. The van der Waals surface area contributed by atoms with Crippen LogP contribution < -0.4 is 0 Å². The van der Waals surface area contributed by atoms with Gasteiger partial charge in [-0.05, 0) is 30.2 Å². The van der Waals surface area contributed by atoms with E-state index in [-0.39, 0.29) is 23.9 Å². The van der Waals surface area contributed by atoms with Crippen LogP contribution in [0.5, 0.6) is 0 Å². The van der Waals surface area contributed by atoms with Crippen molar-refractivity contribution in [2.75, 3.05) is 6.54 Å². The van der Waals surface area contributed by atoms with E-state index in [1.165, 1.54) is 6.26 Å². The molecule has 0 bridgehead atoms. The number of hydrogen-bond acceptors (Lipinski definition) is 4. The zero-order chi connectivity index (χ0) is 15.8. The van der Waals surface area contributed by atoms with Gasteiger partial charge in [-0.25, -0.2) is 0 Å². The first-order valence-electron chi connectivity index (χ1n) is 7.77. The highest BCUT2D eigenvalue weighted by Crippen LogP contribution is 2.34. The molecule has 0 spiro atoms. The first-order chi connectivity index (χ1) is 11.2. The van der Waals surface area contributed by atoms with Crippen LogP contribution in [0.4, 0.5) is 0 Å². The Hall–Kier alpha value is -2.63. The smallest absolute Gasteiger partial charge is 0.289 e. The highest BCUT2D eigenvalue weighted by molar-refractivity contribution is 5.93. The SMILES string of the molecule is O=C1C[C@H]2[C@H](CCN2C(=O)c2ccco2)N1Cc1cccnc1. The predicted molar refractivity (Wildman–Crippen MR) is 81.3 cm³/mol. The molecule has 2 aromatic heterocycles. The maximum absolute atomic E-state index is 12.5. The number of hydrogen-bond donors (Lipinski definition) is 0. The van der Waals surface area contributed by atoms with Gasteiger partial charge in [0.1, 0.15) is 0 Å². The molecule has 2 aliphatic rings. The first kappa shape index (κ1) is 14.0. The molecule has 118 valence electrons. The van der Waals surface area contributed by atoms with Crippen molar-refractivity contribution in [3.8, 4) is 0 Å². The summed E-state index contributed by atoms with van der Waals surface area (Å²) < 4.78 is 5.21. The van der Waals surface area contributed by atoms with Crippen molar-refractivity contribution in [1.29, 1.82) is 0 Å². The number of furan rings is 1. The molecule has 0 saturated carbocycles. The molecule has 2 atom stereocenters.